The van der Waals surface area contributed by atoms with E-state index in [2.05, 4.69) is 24.0 Å². The van der Waals surface area contributed by atoms with E-state index in [-0.39, 0.29) is 16.8 Å². The van der Waals surface area contributed by atoms with Gasteiger partial charge >= 0.3 is 0 Å². The Labute approximate surface area is 103 Å². The summed E-state index contributed by atoms with van der Waals surface area (Å²) in [5.41, 5.74) is 5.29. The van der Waals surface area contributed by atoms with Gasteiger partial charge in [0.05, 0.1) is 4.99 Å². The third-order valence-electron chi connectivity index (χ3n) is 2.92. The summed E-state index contributed by atoms with van der Waals surface area (Å²) >= 11 is 4.65. The highest BCUT2D eigenvalue weighted by molar-refractivity contribution is 7.92. The molecule has 0 bridgehead atoms. The third-order valence-corrected chi connectivity index (χ3v) is 5.01. The lowest BCUT2D eigenvalue weighted by Gasteiger charge is -2.22. The standard InChI is InChI=1S/C9H19N3O2S2/c1-7-4-12(5-8(7)11(2)3)16(13,14)6-9(10)15/h7-8H,4-6H2,1-3H3,(H2,10,15). The van der Waals surface area contributed by atoms with Gasteiger partial charge in [-0.15, -0.1) is 0 Å². The van der Waals surface area contributed by atoms with E-state index in [1.165, 1.54) is 4.31 Å². The molecule has 2 unspecified atom stereocenters. The smallest absolute Gasteiger partial charge is 0.220 e. The van der Waals surface area contributed by atoms with Crippen LogP contribution in [0.5, 0.6) is 0 Å². The Morgan fingerprint density at radius 1 is 1.50 bits per heavy atom. The average molecular weight is 265 g/mol. The van der Waals surface area contributed by atoms with Crippen LogP contribution >= 0.6 is 12.2 Å². The molecule has 1 rings (SSSR count). The molecule has 94 valence electrons. The first-order chi connectivity index (χ1) is 7.24. The third kappa shape index (κ3) is 3.13. The molecule has 1 aliphatic heterocycles. The molecule has 0 saturated carbocycles. The van der Waals surface area contributed by atoms with Gasteiger partial charge in [0.25, 0.3) is 0 Å². The van der Waals surface area contributed by atoms with Crippen LogP contribution in [0.25, 0.3) is 0 Å². The fraction of sp³-hybridized carbons (Fsp3) is 0.889. The molecule has 0 aromatic heterocycles. The normalized spacial score (nSPS) is 27.5. The van der Waals surface area contributed by atoms with Gasteiger partial charge in [-0.25, -0.2) is 8.42 Å². The largest absolute Gasteiger partial charge is 0.392 e. The summed E-state index contributed by atoms with van der Waals surface area (Å²) in [6.45, 7) is 3.13. The Hall–Kier alpha value is -0.240. The second-order valence-electron chi connectivity index (χ2n) is 4.55. The van der Waals surface area contributed by atoms with Crippen LogP contribution in [0.2, 0.25) is 0 Å². The molecule has 1 fully saturated rings. The molecule has 1 heterocycles. The van der Waals surface area contributed by atoms with Crippen LogP contribution in [-0.2, 0) is 10.0 Å². The number of nitrogens with two attached hydrogens (primary N) is 1. The van der Waals surface area contributed by atoms with Gasteiger partial charge in [-0.05, 0) is 20.0 Å². The van der Waals surface area contributed by atoms with Crippen molar-refractivity contribution in [2.24, 2.45) is 11.7 Å². The van der Waals surface area contributed by atoms with Crippen molar-refractivity contribution in [2.75, 3.05) is 32.9 Å². The predicted octanol–water partition coefficient (Wildman–Crippen LogP) is -0.516. The van der Waals surface area contributed by atoms with E-state index in [4.69, 9.17) is 5.73 Å². The van der Waals surface area contributed by atoms with Crippen molar-refractivity contribution in [3.63, 3.8) is 0 Å². The van der Waals surface area contributed by atoms with Crippen molar-refractivity contribution in [2.45, 2.75) is 13.0 Å². The second kappa shape index (κ2) is 4.95. The Morgan fingerprint density at radius 3 is 2.44 bits per heavy atom. The number of rotatable bonds is 4. The number of hydrogen-bond acceptors (Lipinski definition) is 4. The van der Waals surface area contributed by atoms with Gasteiger partial charge in [0.1, 0.15) is 5.75 Å². The highest BCUT2D eigenvalue weighted by Crippen LogP contribution is 2.22. The van der Waals surface area contributed by atoms with Gasteiger partial charge in [-0.2, -0.15) is 4.31 Å². The molecule has 0 spiro atoms. The molecule has 16 heavy (non-hydrogen) atoms. The summed E-state index contributed by atoms with van der Waals surface area (Å²) in [7, 11) is 0.608. The highest BCUT2D eigenvalue weighted by atomic mass is 32.2. The first-order valence-electron chi connectivity index (χ1n) is 5.16. The highest BCUT2D eigenvalue weighted by Gasteiger charge is 2.37. The zero-order valence-electron chi connectivity index (χ0n) is 9.88. The number of hydrogen-bond donors (Lipinski definition) is 1. The molecule has 1 saturated heterocycles. The maximum absolute atomic E-state index is 11.9. The van der Waals surface area contributed by atoms with Crippen molar-refractivity contribution >= 4 is 27.2 Å². The summed E-state index contributed by atoms with van der Waals surface area (Å²) in [4.78, 5) is 2.09. The first kappa shape index (κ1) is 13.8. The van der Waals surface area contributed by atoms with Crippen molar-refractivity contribution in [3.8, 4) is 0 Å². The average Bonchev–Trinajstić information content (AvgIpc) is 2.45. The van der Waals surface area contributed by atoms with Gasteiger partial charge in [0.15, 0.2) is 0 Å². The minimum absolute atomic E-state index is 0.0287. The fourth-order valence-electron chi connectivity index (χ4n) is 2.08. The molecular weight excluding hydrogens is 246 g/mol. The topological polar surface area (TPSA) is 66.6 Å². The molecular formula is C9H19N3O2S2. The minimum Gasteiger partial charge on any atom is -0.392 e. The van der Waals surface area contributed by atoms with Crippen molar-refractivity contribution in [1.29, 1.82) is 0 Å². The Morgan fingerprint density at radius 2 is 2.06 bits per heavy atom. The van der Waals surface area contributed by atoms with E-state index in [0.717, 1.165) is 0 Å². The molecule has 7 heteroatoms. The number of sulfonamides is 1. The lowest BCUT2D eigenvalue weighted by atomic mass is 10.1. The molecule has 5 nitrogen and oxygen atoms in total. The van der Waals surface area contributed by atoms with Gasteiger partial charge in [-0.1, -0.05) is 19.1 Å². The zero-order valence-corrected chi connectivity index (χ0v) is 11.5. The first-order valence-corrected chi connectivity index (χ1v) is 7.18. The van der Waals surface area contributed by atoms with E-state index in [1.54, 1.807) is 0 Å². The summed E-state index contributed by atoms with van der Waals surface area (Å²) in [5.74, 6) is 0.103. The van der Waals surface area contributed by atoms with E-state index in [0.29, 0.717) is 19.0 Å². The Balaban J connectivity index is 2.75. The predicted molar refractivity (Wildman–Crippen MR) is 68.8 cm³/mol. The molecule has 2 N–H and O–H groups in total. The molecule has 0 aromatic rings. The summed E-state index contributed by atoms with van der Waals surface area (Å²) in [6.07, 6.45) is 0. The summed E-state index contributed by atoms with van der Waals surface area (Å²) in [6, 6.07) is 0.265. The van der Waals surface area contributed by atoms with Gasteiger partial charge in [0.2, 0.25) is 10.0 Å². The van der Waals surface area contributed by atoms with Crippen LogP contribution in [0, 0.1) is 5.92 Å². The SMILES string of the molecule is CC1CN(S(=O)(=O)CC(N)=S)CC1N(C)C. The Bertz CT molecular complexity index is 367. The summed E-state index contributed by atoms with van der Waals surface area (Å²) < 4.78 is 25.3. The Kier molecular flexibility index (Phi) is 4.28. The summed E-state index contributed by atoms with van der Waals surface area (Å²) in [5, 5.41) is 0. The van der Waals surface area contributed by atoms with Crippen molar-refractivity contribution in [3.05, 3.63) is 0 Å². The lowest BCUT2D eigenvalue weighted by molar-refractivity contribution is 0.263. The quantitative estimate of drug-likeness (QED) is 0.693. The molecule has 0 amide bonds. The van der Waals surface area contributed by atoms with Crippen LogP contribution in [-0.4, -0.2) is 61.6 Å². The van der Waals surface area contributed by atoms with Crippen molar-refractivity contribution in [1.82, 2.24) is 9.21 Å². The van der Waals surface area contributed by atoms with Crippen LogP contribution in [0.15, 0.2) is 0 Å². The molecule has 0 radical (unpaired) electrons. The van der Waals surface area contributed by atoms with Crippen LogP contribution in [0.1, 0.15) is 6.92 Å². The van der Waals surface area contributed by atoms with Crippen LogP contribution in [0.3, 0.4) is 0 Å². The van der Waals surface area contributed by atoms with Crippen molar-refractivity contribution < 1.29 is 8.42 Å². The van der Waals surface area contributed by atoms with Crippen LogP contribution < -0.4 is 5.73 Å². The van der Waals surface area contributed by atoms with E-state index in [9.17, 15) is 8.42 Å². The van der Waals surface area contributed by atoms with Gasteiger partial charge in [-0.3, -0.25) is 0 Å². The number of thiocarbonyl (C=S) groups is 1. The zero-order chi connectivity index (χ0) is 12.5. The van der Waals surface area contributed by atoms with E-state index >= 15 is 0 Å². The monoisotopic (exact) mass is 265 g/mol. The maximum Gasteiger partial charge on any atom is 0.220 e. The fourth-order valence-corrected chi connectivity index (χ4v) is 3.91. The molecule has 2 atom stereocenters. The minimum atomic E-state index is -3.32. The molecule has 1 aliphatic rings. The number of nitrogens with zero attached hydrogens (tertiary/aromatic N) is 2. The number of likely N-dealkylation sites (N-methyl/N-ethyl adjacent to an activating group) is 1. The molecule has 0 aromatic carbocycles. The van der Waals surface area contributed by atoms with Gasteiger partial charge in [0, 0.05) is 19.1 Å². The van der Waals surface area contributed by atoms with E-state index < -0.39 is 10.0 Å². The second-order valence-corrected chi connectivity index (χ2v) is 7.04. The van der Waals surface area contributed by atoms with Crippen LogP contribution in [0.4, 0.5) is 0 Å². The van der Waals surface area contributed by atoms with E-state index in [1.807, 2.05) is 14.1 Å². The lowest BCUT2D eigenvalue weighted by Crippen LogP contribution is -2.38. The van der Waals surface area contributed by atoms with Gasteiger partial charge < -0.3 is 10.6 Å². The molecule has 0 aliphatic carbocycles. The maximum atomic E-state index is 11.9.